The zero-order chi connectivity index (χ0) is 39.8. The summed E-state index contributed by atoms with van der Waals surface area (Å²) in [5.74, 6) is 0. The molecule has 0 aliphatic heterocycles. The van der Waals surface area contributed by atoms with Crippen molar-refractivity contribution in [3.63, 3.8) is 0 Å². The van der Waals surface area contributed by atoms with Crippen molar-refractivity contribution in [3.8, 4) is 50.2 Å². The van der Waals surface area contributed by atoms with Crippen molar-refractivity contribution < 1.29 is 0 Å². The molecule has 0 saturated carbocycles. The van der Waals surface area contributed by atoms with Gasteiger partial charge in [0.15, 0.2) is 0 Å². The quantitative estimate of drug-likeness (QED) is 0.150. The Labute approximate surface area is 350 Å². The molecule has 0 bridgehead atoms. The molecule has 0 N–H and O–H groups in total. The second-order valence-electron chi connectivity index (χ2n) is 15.3. The molecular formula is C58H40N2. The molecule has 0 aliphatic carbocycles. The molecule has 0 amide bonds. The van der Waals surface area contributed by atoms with E-state index in [-0.39, 0.29) is 0 Å². The molecule has 0 fully saturated rings. The maximum Gasteiger partial charge on any atom is 0.0541 e. The van der Waals surface area contributed by atoms with Crippen LogP contribution in [0, 0.1) is 0 Å². The van der Waals surface area contributed by atoms with Gasteiger partial charge in [0.25, 0.3) is 0 Å². The highest BCUT2D eigenvalue weighted by atomic mass is 15.1. The van der Waals surface area contributed by atoms with Gasteiger partial charge >= 0.3 is 0 Å². The zero-order valence-corrected chi connectivity index (χ0v) is 33.0. The SMILES string of the molecule is c1ccc(-c2cccc(N(c3ccc(-c4ccccc4-n4c5ccccc5c5ccccc54)cc3)c3cccc(-c4ccc(-c5ccccc5)c5ccccc45)c3)c2)cc1. The zero-order valence-electron chi connectivity index (χ0n) is 33.0. The van der Waals surface area contributed by atoms with Crippen LogP contribution in [0.25, 0.3) is 82.8 Å². The maximum absolute atomic E-state index is 2.41. The van der Waals surface area contributed by atoms with E-state index in [0.717, 1.165) is 28.3 Å². The Hall–Kier alpha value is -7.94. The van der Waals surface area contributed by atoms with Crippen LogP contribution in [-0.4, -0.2) is 4.57 Å². The van der Waals surface area contributed by atoms with E-state index in [4.69, 9.17) is 0 Å². The van der Waals surface area contributed by atoms with E-state index >= 15 is 0 Å². The molecule has 2 nitrogen and oxygen atoms in total. The number of fused-ring (bicyclic) bond motifs is 4. The average molecular weight is 765 g/mol. The fraction of sp³-hybridized carbons (Fsp3) is 0. The van der Waals surface area contributed by atoms with Gasteiger partial charge in [-0.2, -0.15) is 0 Å². The van der Waals surface area contributed by atoms with E-state index in [1.165, 1.54) is 71.5 Å². The largest absolute Gasteiger partial charge is 0.310 e. The number of nitrogens with zero attached hydrogens (tertiary/aromatic N) is 2. The fourth-order valence-electron chi connectivity index (χ4n) is 9.02. The molecule has 2 heteroatoms. The third-order valence-electron chi connectivity index (χ3n) is 11.8. The van der Waals surface area contributed by atoms with Gasteiger partial charge in [-0.05, 0) is 104 Å². The summed E-state index contributed by atoms with van der Waals surface area (Å²) in [4.78, 5) is 2.39. The summed E-state index contributed by atoms with van der Waals surface area (Å²) >= 11 is 0. The summed E-state index contributed by atoms with van der Waals surface area (Å²) in [5, 5.41) is 5.00. The Kier molecular flexibility index (Phi) is 8.87. The van der Waals surface area contributed by atoms with Gasteiger partial charge in [0, 0.05) is 33.4 Å². The number of aromatic nitrogens is 1. The van der Waals surface area contributed by atoms with Gasteiger partial charge in [0.2, 0.25) is 0 Å². The molecule has 0 unspecified atom stereocenters. The molecule has 60 heavy (non-hydrogen) atoms. The van der Waals surface area contributed by atoms with Crippen LogP contribution in [0.1, 0.15) is 0 Å². The van der Waals surface area contributed by atoms with Gasteiger partial charge in [0.05, 0.1) is 16.7 Å². The van der Waals surface area contributed by atoms with Crippen molar-refractivity contribution in [2.45, 2.75) is 0 Å². The minimum atomic E-state index is 1.08. The number of anilines is 3. The van der Waals surface area contributed by atoms with Crippen molar-refractivity contribution >= 4 is 49.6 Å². The van der Waals surface area contributed by atoms with E-state index in [1.807, 2.05) is 0 Å². The summed E-state index contributed by atoms with van der Waals surface area (Å²) in [6, 6.07) is 87.8. The molecule has 0 saturated heterocycles. The number of benzene rings is 10. The van der Waals surface area contributed by atoms with Crippen molar-refractivity contribution in [2.75, 3.05) is 4.90 Å². The minimum Gasteiger partial charge on any atom is -0.310 e. The standard InChI is InChI=1S/C58H40N2/c1-3-17-41(18-4-1)44-21-15-23-47(39-44)59(48-24-16-22-45(40-48)50-38-37-49(42-19-5-2-6-20-42)52-26-7-8-27-53(50)52)46-35-33-43(34-36-46)51-25-9-12-30-56(51)60-57-31-13-10-28-54(57)55-29-11-14-32-58(55)60/h1-40H. The van der Waals surface area contributed by atoms with Crippen LogP contribution in [0.4, 0.5) is 17.1 Å². The molecule has 10 aromatic carbocycles. The van der Waals surface area contributed by atoms with Crippen LogP contribution in [0.2, 0.25) is 0 Å². The van der Waals surface area contributed by atoms with Crippen molar-refractivity contribution in [1.29, 1.82) is 0 Å². The molecule has 0 atom stereocenters. The predicted octanol–water partition coefficient (Wildman–Crippen LogP) is 16.1. The van der Waals surface area contributed by atoms with Crippen LogP contribution >= 0.6 is 0 Å². The molecule has 1 heterocycles. The Morgan fingerprint density at radius 2 is 0.700 bits per heavy atom. The lowest BCUT2D eigenvalue weighted by molar-refractivity contribution is 1.18. The van der Waals surface area contributed by atoms with Gasteiger partial charge < -0.3 is 9.47 Å². The summed E-state index contributed by atoms with van der Waals surface area (Å²) in [6.45, 7) is 0. The van der Waals surface area contributed by atoms with E-state index in [0.29, 0.717) is 0 Å². The number of para-hydroxylation sites is 3. The predicted molar refractivity (Wildman–Crippen MR) is 255 cm³/mol. The highest BCUT2D eigenvalue weighted by Crippen LogP contribution is 2.42. The van der Waals surface area contributed by atoms with Crippen LogP contribution in [0.5, 0.6) is 0 Å². The highest BCUT2D eigenvalue weighted by Gasteiger charge is 2.18. The normalized spacial score (nSPS) is 11.3. The first-order valence-electron chi connectivity index (χ1n) is 20.6. The van der Waals surface area contributed by atoms with Crippen molar-refractivity contribution in [2.24, 2.45) is 0 Å². The lowest BCUT2D eigenvalue weighted by Gasteiger charge is -2.27. The van der Waals surface area contributed by atoms with Gasteiger partial charge in [0.1, 0.15) is 0 Å². The van der Waals surface area contributed by atoms with Gasteiger partial charge in [-0.3, -0.25) is 0 Å². The summed E-state index contributed by atoms with van der Waals surface area (Å²) in [6.07, 6.45) is 0. The van der Waals surface area contributed by atoms with Gasteiger partial charge in [-0.1, -0.05) is 188 Å². The molecule has 0 radical (unpaired) electrons. The molecule has 11 aromatic rings. The summed E-state index contributed by atoms with van der Waals surface area (Å²) in [7, 11) is 0. The lowest BCUT2D eigenvalue weighted by Crippen LogP contribution is -2.10. The Morgan fingerprint density at radius 3 is 1.33 bits per heavy atom. The third kappa shape index (κ3) is 6.23. The molecule has 0 aliphatic rings. The van der Waals surface area contributed by atoms with Crippen LogP contribution in [0.3, 0.4) is 0 Å². The van der Waals surface area contributed by atoms with E-state index < -0.39 is 0 Å². The third-order valence-corrected chi connectivity index (χ3v) is 11.8. The Balaban J connectivity index is 1.04. The van der Waals surface area contributed by atoms with Crippen LogP contribution in [0.15, 0.2) is 243 Å². The molecule has 0 spiro atoms. The highest BCUT2D eigenvalue weighted by molar-refractivity contribution is 6.10. The molecule has 1 aromatic heterocycles. The van der Waals surface area contributed by atoms with E-state index in [2.05, 4.69) is 252 Å². The van der Waals surface area contributed by atoms with E-state index in [1.54, 1.807) is 0 Å². The smallest absolute Gasteiger partial charge is 0.0541 e. The van der Waals surface area contributed by atoms with Crippen LogP contribution in [-0.2, 0) is 0 Å². The van der Waals surface area contributed by atoms with Crippen molar-refractivity contribution in [3.05, 3.63) is 243 Å². The minimum absolute atomic E-state index is 1.08. The number of hydrogen-bond acceptors (Lipinski definition) is 1. The Bertz CT molecular complexity index is 3250. The maximum atomic E-state index is 2.41. The number of rotatable bonds is 8. The lowest BCUT2D eigenvalue weighted by atomic mass is 9.92. The topological polar surface area (TPSA) is 8.17 Å². The summed E-state index contributed by atoms with van der Waals surface area (Å²) in [5.41, 5.74) is 16.4. The first kappa shape index (κ1) is 35.2. The average Bonchev–Trinajstić information content (AvgIpc) is 3.66. The summed E-state index contributed by atoms with van der Waals surface area (Å²) < 4.78 is 2.41. The van der Waals surface area contributed by atoms with Gasteiger partial charge in [-0.25, -0.2) is 0 Å². The molecular weight excluding hydrogens is 725 g/mol. The number of hydrogen-bond donors (Lipinski definition) is 0. The Morgan fingerprint density at radius 1 is 0.250 bits per heavy atom. The molecule has 11 rings (SSSR count). The second kappa shape index (κ2) is 15.1. The first-order valence-corrected chi connectivity index (χ1v) is 20.6. The second-order valence-corrected chi connectivity index (χ2v) is 15.3. The van der Waals surface area contributed by atoms with E-state index in [9.17, 15) is 0 Å². The monoisotopic (exact) mass is 764 g/mol. The van der Waals surface area contributed by atoms with Crippen molar-refractivity contribution in [1.82, 2.24) is 4.57 Å². The fourth-order valence-corrected chi connectivity index (χ4v) is 9.02. The first-order chi connectivity index (χ1) is 29.8. The molecule has 282 valence electrons. The van der Waals surface area contributed by atoms with Gasteiger partial charge in [-0.15, -0.1) is 0 Å². The van der Waals surface area contributed by atoms with Crippen LogP contribution < -0.4 is 4.90 Å².